The smallest absolute Gasteiger partial charge is 0.287 e. The summed E-state index contributed by atoms with van der Waals surface area (Å²) in [6.07, 6.45) is 1.55. The highest BCUT2D eigenvalue weighted by molar-refractivity contribution is 7.98. The van der Waals surface area contributed by atoms with Gasteiger partial charge in [-0.2, -0.15) is 0 Å². The highest BCUT2D eigenvalue weighted by Crippen LogP contribution is 2.24. The lowest BCUT2D eigenvalue weighted by molar-refractivity contribution is 0.0895. The van der Waals surface area contributed by atoms with Crippen LogP contribution in [0.5, 0.6) is 0 Å². The van der Waals surface area contributed by atoms with Gasteiger partial charge in [0.15, 0.2) is 5.76 Å². The molecule has 2 rings (SSSR count). The van der Waals surface area contributed by atoms with Gasteiger partial charge in [-0.1, -0.05) is 18.2 Å². The predicted molar refractivity (Wildman–Crippen MR) is 83.5 cm³/mol. The molecule has 0 bridgehead atoms. The lowest BCUT2D eigenvalue weighted by Gasteiger charge is -2.05. The molecule has 0 unspecified atom stereocenters. The van der Waals surface area contributed by atoms with Gasteiger partial charge in [-0.3, -0.25) is 4.79 Å². The Kier molecular flexibility index (Phi) is 6.37. The molecule has 0 aliphatic heterocycles. The monoisotopic (exact) mass is 305 g/mol. The van der Waals surface area contributed by atoms with Gasteiger partial charge in [0.05, 0.1) is 12.9 Å². The molecule has 0 aliphatic carbocycles. The van der Waals surface area contributed by atoms with Gasteiger partial charge in [0.25, 0.3) is 5.91 Å². The number of carbonyl (C=O) groups excluding carboxylic acids is 1. The van der Waals surface area contributed by atoms with E-state index in [1.807, 2.05) is 43.3 Å². The molecular weight excluding hydrogens is 286 g/mol. The fraction of sp³-hybridized carbons (Fsp3) is 0.312. The molecule has 1 N–H and O–H groups in total. The first-order valence-electron chi connectivity index (χ1n) is 6.91. The van der Waals surface area contributed by atoms with E-state index in [1.165, 1.54) is 4.90 Å². The van der Waals surface area contributed by atoms with Crippen molar-refractivity contribution in [2.75, 3.05) is 19.8 Å². The van der Waals surface area contributed by atoms with E-state index in [4.69, 9.17) is 9.15 Å². The largest absolute Gasteiger partial charge is 0.459 e. The molecule has 112 valence electrons. The average Bonchev–Trinajstić information content (AvgIpc) is 2.99. The Morgan fingerprint density at radius 1 is 1.29 bits per heavy atom. The molecule has 1 aromatic heterocycles. The van der Waals surface area contributed by atoms with Gasteiger partial charge in [0.2, 0.25) is 0 Å². The maximum Gasteiger partial charge on any atom is 0.287 e. The van der Waals surface area contributed by atoms with Crippen molar-refractivity contribution < 1.29 is 13.9 Å². The standard InChI is InChI=1S/C16H19NO3S/c1-2-19-11-9-17-16(18)15-13(8-10-20-15)12-21-14-6-4-3-5-7-14/h3-8,10H,2,9,11-12H2,1H3,(H,17,18). The number of rotatable bonds is 8. The van der Waals surface area contributed by atoms with Crippen LogP contribution < -0.4 is 5.32 Å². The summed E-state index contributed by atoms with van der Waals surface area (Å²) in [5.74, 6) is 0.896. The normalized spacial score (nSPS) is 10.5. The summed E-state index contributed by atoms with van der Waals surface area (Å²) in [5.41, 5.74) is 0.901. The van der Waals surface area contributed by atoms with E-state index in [2.05, 4.69) is 5.32 Å². The van der Waals surface area contributed by atoms with Crippen molar-refractivity contribution in [3.05, 3.63) is 54.0 Å². The second kappa shape index (κ2) is 8.54. The Hall–Kier alpha value is -1.72. The number of nitrogens with one attached hydrogen (secondary N) is 1. The van der Waals surface area contributed by atoms with Crippen molar-refractivity contribution in [1.82, 2.24) is 5.32 Å². The molecule has 1 amide bonds. The van der Waals surface area contributed by atoms with Crippen molar-refractivity contribution in [2.45, 2.75) is 17.6 Å². The van der Waals surface area contributed by atoms with E-state index in [9.17, 15) is 4.79 Å². The van der Waals surface area contributed by atoms with Crippen LogP contribution in [0.25, 0.3) is 0 Å². The van der Waals surface area contributed by atoms with E-state index in [1.54, 1.807) is 18.0 Å². The first kappa shape index (κ1) is 15.7. The van der Waals surface area contributed by atoms with Gasteiger partial charge in [-0.25, -0.2) is 0 Å². The molecule has 0 saturated carbocycles. The highest BCUT2D eigenvalue weighted by atomic mass is 32.2. The predicted octanol–water partition coefficient (Wildman–Crippen LogP) is 3.34. The van der Waals surface area contributed by atoms with E-state index in [0.29, 0.717) is 31.3 Å². The third kappa shape index (κ3) is 4.95. The van der Waals surface area contributed by atoms with Crippen molar-refractivity contribution >= 4 is 17.7 Å². The highest BCUT2D eigenvalue weighted by Gasteiger charge is 2.14. The Balaban J connectivity index is 1.87. The van der Waals surface area contributed by atoms with E-state index in [-0.39, 0.29) is 5.91 Å². The van der Waals surface area contributed by atoms with Crippen LogP contribution in [0, 0.1) is 0 Å². The Morgan fingerprint density at radius 3 is 2.86 bits per heavy atom. The Morgan fingerprint density at radius 2 is 2.10 bits per heavy atom. The van der Waals surface area contributed by atoms with Crippen LogP contribution in [-0.4, -0.2) is 25.7 Å². The fourth-order valence-electron chi connectivity index (χ4n) is 1.79. The summed E-state index contributed by atoms with van der Waals surface area (Å²) in [4.78, 5) is 13.2. The molecule has 5 heteroatoms. The topological polar surface area (TPSA) is 51.5 Å². The molecule has 2 aromatic rings. The number of hydrogen-bond donors (Lipinski definition) is 1. The minimum Gasteiger partial charge on any atom is -0.459 e. The summed E-state index contributed by atoms with van der Waals surface area (Å²) in [6, 6.07) is 11.9. The second-order valence-electron chi connectivity index (χ2n) is 4.33. The van der Waals surface area contributed by atoms with Gasteiger partial charge < -0.3 is 14.5 Å². The van der Waals surface area contributed by atoms with Gasteiger partial charge in [-0.05, 0) is 25.1 Å². The molecule has 0 fully saturated rings. The van der Waals surface area contributed by atoms with Crippen molar-refractivity contribution in [3.63, 3.8) is 0 Å². The first-order valence-corrected chi connectivity index (χ1v) is 7.90. The number of benzene rings is 1. The zero-order chi connectivity index (χ0) is 14.9. The molecule has 1 heterocycles. The SMILES string of the molecule is CCOCCNC(=O)c1occc1CSc1ccccc1. The number of ether oxygens (including phenoxy) is 1. The number of furan rings is 1. The van der Waals surface area contributed by atoms with Crippen LogP contribution in [0.3, 0.4) is 0 Å². The van der Waals surface area contributed by atoms with Crippen LogP contribution in [0.15, 0.2) is 52.0 Å². The van der Waals surface area contributed by atoms with Gasteiger partial charge in [0.1, 0.15) is 0 Å². The zero-order valence-electron chi connectivity index (χ0n) is 12.0. The fourth-order valence-corrected chi connectivity index (χ4v) is 2.69. The molecule has 0 atom stereocenters. The molecule has 4 nitrogen and oxygen atoms in total. The number of thioether (sulfide) groups is 1. The number of amides is 1. The third-order valence-electron chi connectivity index (χ3n) is 2.83. The van der Waals surface area contributed by atoms with Crippen molar-refractivity contribution in [1.29, 1.82) is 0 Å². The van der Waals surface area contributed by atoms with Crippen LogP contribution in [0.2, 0.25) is 0 Å². The van der Waals surface area contributed by atoms with Crippen molar-refractivity contribution in [3.8, 4) is 0 Å². The van der Waals surface area contributed by atoms with Gasteiger partial charge >= 0.3 is 0 Å². The van der Waals surface area contributed by atoms with Crippen LogP contribution in [0.4, 0.5) is 0 Å². The molecule has 0 radical (unpaired) electrons. The van der Waals surface area contributed by atoms with Crippen molar-refractivity contribution in [2.24, 2.45) is 0 Å². The van der Waals surface area contributed by atoms with E-state index < -0.39 is 0 Å². The summed E-state index contributed by atoms with van der Waals surface area (Å²) in [5, 5.41) is 2.79. The van der Waals surface area contributed by atoms with Gasteiger partial charge in [0, 0.05) is 29.4 Å². The average molecular weight is 305 g/mol. The molecule has 0 aliphatic rings. The molecule has 0 spiro atoms. The summed E-state index contributed by atoms with van der Waals surface area (Å²) in [7, 11) is 0. The third-order valence-corrected chi connectivity index (χ3v) is 3.89. The Bertz CT molecular complexity index is 554. The summed E-state index contributed by atoms with van der Waals surface area (Å²) < 4.78 is 10.5. The summed E-state index contributed by atoms with van der Waals surface area (Å²) in [6.45, 7) is 3.57. The van der Waals surface area contributed by atoms with E-state index >= 15 is 0 Å². The van der Waals surface area contributed by atoms with Crippen LogP contribution in [-0.2, 0) is 10.5 Å². The quantitative estimate of drug-likeness (QED) is 0.600. The zero-order valence-corrected chi connectivity index (χ0v) is 12.8. The molecule has 0 saturated heterocycles. The minimum absolute atomic E-state index is 0.191. The maximum atomic E-state index is 12.0. The molecule has 21 heavy (non-hydrogen) atoms. The molecule has 1 aromatic carbocycles. The Labute approximate surface area is 128 Å². The molecular formula is C16H19NO3S. The summed E-state index contributed by atoms with van der Waals surface area (Å²) >= 11 is 1.68. The van der Waals surface area contributed by atoms with Crippen LogP contribution in [0.1, 0.15) is 23.0 Å². The van der Waals surface area contributed by atoms with E-state index in [0.717, 1.165) is 5.56 Å². The lowest BCUT2D eigenvalue weighted by atomic mass is 10.2. The lowest BCUT2D eigenvalue weighted by Crippen LogP contribution is -2.27. The maximum absolute atomic E-state index is 12.0. The minimum atomic E-state index is -0.191. The number of carbonyl (C=O) groups is 1. The second-order valence-corrected chi connectivity index (χ2v) is 5.38. The number of hydrogen-bond acceptors (Lipinski definition) is 4. The van der Waals surface area contributed by atoms with Gasteiger partial charge in [-0.15, -0.1) is 11.8 Å². The van der Waals surface area contributed by atoms with Crippen LogP contribution >= 0.6 is 11.8 Å². The first-order chi connectivity index (χ1) is 10.3.